The van der Waals surface area contributed by atoms with Crippen molar-refractivity contribution >= 4 is 28.4 Å². The Bertz CT molecular complexity index is 799. The first-order valence-electron chi connectivity index (χ1n) is 7.34. The number of amides is 1. The summed E-state index contributed by atoms with van der Waals surface area (Å²) in [6.45, 7) is 0.382. The number of hydrogen-bond donors (Lipinski definition) is 0. The molecule has 1 aliphatic heterocycles. The van der Waals surface area contributed by atoms with E-state index in [0.717, 1.165) is 12.1 Å². The van der Waals surface area contributed by atoms with E-state index in [1.54, 1.807) is 4.90 Å². The molecule has 110 valence electrons. The van der Waals surface area contributed by atoms with Gasteiger partial charge >= 0.3 is 0 Å². The van der Waals surface area contributed by atoms with Crippen molar-refractivity contribution in [1.82, 2.24) is 0 Å². The molecule has 1 unspecified atom stereocenters. The zero-order valence-corrected chi connectivity index (χ0v) is 12.6. The van der Waals surface area contributed by atoms with Crippen molar-refractivity contribution in [3.63, 3.8) is 0 Å². The number of benzene rings is 2. The lowest BCUT2D eigenvalue weighted by Gasteiger charge is -2.17. The number of fused-ring (bicyclic) bond motifs is 3. The number of carbonyl (C=O) groups is 2. The third kappa shape index (κ3) is 2.04. The number of halogens is 1. The second-order valence-corrected chi connectivity index (χ2v) is 6.26. The Hall–Kier alpha value is -2.13. The maximum absolute atomic E-state index is 12.1. The number of carbonyl (C=O) groups excluding carboxylic acids is 2. The van der Waals surface area contributed by atoms with Gasteiger partial charge in [0.05, 0.1) is 5.92 Å². The van der Waals surface area contributed by atoms with Gasteiger partial charge in [0.15, 0.2) is 0 Å². The van der Waals surface area contributed by atoms with Crippen molar-refractivity contribution in [2.75, 3.05) is 11.4 Å². The van der Waals surface area contributed by atoms with E-state index in [2.05, 4.69) is 24.3 Å². The van der Waals surface area contributed by atoms with Crippen molar-refractivity contribution < 1.29 is 9.59 Å². The first-order valence-corrected chi connectivity index (χ1v) is 7.72. The molecule has 1 heterocycles. The molecule has 2 aromatic rings. The van der Waals surface area contributed by atoms with Crippen LogP contribution in [0.5, 0.6) is 0 Å². The van der Waals surface area contributed by atoms with E-state index in [1.165, 1.54) is 22.3 Å². The quantitative estimate of drug-likeness (QED) is 0.680. The van der Waals surface area contributed by atoms with Gasteiger partial charge in [0.2, 0.25) is 11.1 Å². The molecule has 1 saturated heterocycles. The van der Waals surface area contributed by atoms with Gasteiger partial charge in [-0.2, -0.15) is 0 Å². The van der Waals surface area contributed by atoms with Crippen molar-refractivity contribution in [2.45, 2.75) is 12.8 Å². The topological polar surface area (TPSA) is 37.4 Å². The second kappa shape index (κ2) is 4.96. The Morgan fingerprint density at radius 3 is 2.64 bits per heavy atom. The molecule has 0 saturated carbocycles. The minimum absolute atomic E-state index is 0.0329. The van der Waals surface area contributed by atoms with Crippen molar-refractivity contribution in [2.24, 2.45) is 5.92 Å². The van der Waals surface area contributed by atoms with E-state index in [0.29, 0.717) is 6.54 Å². The van der Waals surface area contributed by atoms with Crippen LogP contribution in [0, 0.1) is 5.92 Å². The van der Waals surface area contributed by atoms with Crippen LogP contribution < -0.4 is 4.90 Å². The molecular formula is C18H14ClNO2. The van der Waals surface area contributed by atoms with Gasteiger partial charge in [0, 0.05) is 18.7 Å². The Morgan fingerprint density at radius 1 is 1.09 bits per heavy atom. The van der Waals surface area contributed by atoms with Crippen molar-refractivity contribution in [1.29, 1.82) is 0 Å². The van der Waals surface area contributed by atoms with Crippen LogP contribution >= 0.6 is 11.6 Å². The first kappa shape index (κ1) is 13.5. The van der Waals surface area contributed by atoms with Gasteiger partial charge in [-0.05, 0) is 52.4 Å². The van der Waals surface area contributed by atoms with E-state index >= 15 is 0 Å². The molecule has 2 aliphatic rings. The van der Waals surface area contributed by atoms with Crippen LogP contribution in [0.1, 0.15) is 17.5 Å². The minimum atomic E-state index is -0.426. The molecule has 1 aliphatic carbocycles. The monoisotopic (exact) mass is 311 g/mol. The fourth-order valence-electron chi connectivity index (χ4n) is 3.41. The largest absolute Gasteiger partial charge is 0.312 e. The highest BCUT2D eigenvalue weighted by Crippen LogP contribution is 2.39. The lowest BCUT2D eigenvalue weighted by molar-refractivity contribution is -0.120. The van der Waals surface area contributed by atoms with Gasteiger partial charge in [-0.15, -0.1) is 0 Å². The highest BCUT2D eigenvalue weighted by molar-refractivity contribution is 6.64. The molecule has 1 amide bonds. The lowest BCUT2D eigenvalue weighted by atomic mass is 10.1. The number of rotatable bonds is 2. The van der Waals surface area contributed by atoms with Crippen LogP contribution in [-0.4, -0.2) is 17.7 Å². The van der Waals surface area contributed by atoms with E-state index in [1.807, 2.05) is 18.2 Å². The summed E-state index contributed by atoms with van der Waals surface area (Å²) in [6.07, 6.45) is 1.10. The number of nitrogens with zero attached hydrogens (tertiary/aromatic N) is 1. The Labute approximate surface area is 133 Å². The summed E-state index contributed by atoms with van der Waals surface area (Å²) < 4.78 is 0. The average Bonchev–Trinajstić information content (AvgIpc) is 3.07. The van der Waals surface area contributed by atoms with E-state index in [4.69, 9.17) is 11.6 Å². The van der Waals surface area contributed by atoms with Crippen molar-refractivity contribution in [3.8, 4) is 11.1 Å². The highest BCUT2D eigenvalue weighted by Gasteiger charge is 2.34. The maximum Gasteiger partial charge on any atom is 0.227 e. The highest BCUT2D eigenvalue weighted by atomic mass is 35.5. The standard InChI is InChI=1S/C18H14ClNO2/c19-18(22)13-9-17(21)20(10-13)14-5-6-16-12(8-14)7-11-3-1-2-4-15(11)16/h1-6,8,13H,7,9-10H2. The SMILES string of the molecule is O=C(Cl)C1CC(=O)N(c2ccc3c(c2)Cc2ccccc2-3)C1. The molecule has 3 nitrogen and oxygen atoms in total. The third-order valence-electron chi connectivity index (χ3n) is 4.53. The van der Waals surface area contributed by atoms with Crippen LogP contribution in [0.15, 0.2) is 42.5 Å². The summed E-state index contributed by atoms with van der Waals surface area (Å²) in [5, 5.41) is -0.426. The maximum atomic E-state index is 12.1. The zero-order chi connectivity index (χ0) is 15.3. The molecule has 2 aromatic carbocycles. The number of hydrogen-bond acceptors (Lipinski definition) is 2. The smallest absolute Gasteiger partial charge is 0.227 e. The summed E-state index contributed by atoms with van der Waals surface area (Å²) >= 11 is 5.54. The van der Waals surface area contributed by atoms with Crippen LogP contribution in [0.25, 0.3) is 11.1 Å². The molecule has 4 rings (SSSR count). The van der Waals surface area contributed by atoms with Crippen LogP contribution in [0.3, 0.4) is 0 Å². The summed E-state index contributed by atoms with van der Waals surface area (Å²) in [5.41, 5.74) is 5.90. The lowest BCUT2D eigenvalue weighted by Crippen LogP contribution is -2.25. The molecule has 0 aromatic heterocycles. The zero-order valence-electron chi connectivity index (χ0n) is 11.9. The fourth-order valence-corrected chi connectivity index (χ4v) is 3.55. The molecule has 1 fully saturated rings. The first-order chi connectivity index (χ1) is 10.6. The van der Waals surface area contributed by atoms with Gasteiger partial charge in [-0.25, -0.2) is 0 Å². The molecule has 1 atom stereocenters. The van der Waals surface area contributed by atoms with Crippen LogP contribution in [0.4, 0.5) is 5.69 Å². The minimum Gasteiger partial charge on any atom is -0.312 e. The summed E-state index contributed by atoms with van der Waals surface area (Å²) in [4.78, 5) is 25.1. The molecule has 4 heteroatoms. The molecular weight excluding hydrogens is 298 g/mol. The normalized spacial score (nSPS) is 19.2. The fraction of sp³-hybridized carbons (Fsp3) is 0.222. The Morgan fingerprint density at radius 2 is 1.86 bits per heavy atom. The van der Waals surface area contributed by atoms with Crippen LogP contribution in [0.2, 0.25) is 0 Å². The van der Waals surface area contributed by atoms with Crippen molar-refractivity contribution in [3.05, 3.63) is 53.6 Å². The predicted octanol–water partition coefficient (Wildman–Crippen LogP) is 3.38. The van der Waals surface area contributed by atoms with E-state index in [9.17, 15) is 9.59 Å². The third-order valence-corrected chi connectivity index (χ3v) is 4.84. The summed E-state index contributed by atoms with van der Waals surface area (Å²) in [6, 6.07) is 14.4. The van der Waals surface area contributed by atoms with Crippen LogP contribution in [-0.2, 0) is 16.0 Å². The average molecular weight is 312 g/mol. The molecule has 0 radical (unpaired) electrons. The van der Waals surface area contributed by atoms with E-state index < -0.39 is 5.24 Å². The van der Waals surface area contributed by atoms with Gasteiger partial charge in [0.1, 0.15) is 0 Å². The molecule has 0 N–H and O–H groups in total. The molecule has 0 bridgehead atoms. The summed E-state index contributed by atoms with van der Waals surface area (Å²) in [7, 11) is 0. The predicted molar refractivity (Wildman–Crippen MR) is 86.0 cm³/mol. The second-order valence-electron chi connectivity index (χ2n) is 5.88. The number of anilines is 1. The summed E-state index contributed by atoms with van der Waals surface area (Å²) in [5.74, 6) is -0.422. The Kier molecular flexibility index (Phi) is 3.05. The van der Waals surface area contributed by atoms with Gasteiger partial charge < -0.3 is 4.90 Å². The molecule has 0 spiro atoms. The van der Waals surface area contributed by atoms with Gasteiger partial charge in [-0.1, -0.05) is 30.3 Å². The Balaban J connectivity index is 1.68. The molecule has 22 heavy (non-hydrogen) atoms. The van der Waals surface area contributed by atoms with Gasteiger partial charge in [0.25, 0.3) is 0 Å². The van der Waals surface area contributed by atoms with E-state index in [-0.39, 0.29) is 18.2 Å². The van der Waals surface area contributed by atoms with Gasteiger partial charge in [-0.3, -0.25) is 9.59 Å².